The molecule has 2 N–H and O–H groups in total. The summed E-state index contributed by atoms with van der Waals surface area (Å²) >= 11 is 0. The molecule has 31 heavy (non-hydrogen) atoms. The number of nitro benzene ring substituents is 1. The lowest BCUT2D eigenvalue weighted by atomic mass is 10.2. The quantitative estimate of drug-likeness (QED) is 0.269. The van der Waals surface area contributed by atoms with Crippen LogP contribution in [0.5, 0.6) is 0 Å². The molecule has 0 spiro atoms. The van der Waals surface area contributed by atoms with Crippen LogP contribution in [0.25, 0.3) is 22.3 Å². The van der Waals surface area contributed by atoms with Gasteiger partial charge in [0.15, 0.2) is 5.82 Å². The van der Waals surface area contributed by atoms with E-state index in [0.29, 0.717) is 24.7 Å². The van der Waals surface area contributed by atoms with Crippen molar-refractivity contribution in [2.24, 2.45) is 0 Å². The van der Waals surface area contributed by atoms with Crippen LogP contribution in [0.15, 0.2) is 78.9 Å². The Morgan fingerprint density at radius 1 is 0.903 bits per heavy atom. The van der Waals surface area contributed by atoms with Crippen molar-refractivity contribution in [1.29, 1.82) is 0 Å². The average Bonchev–Trinajstić information content (AvgIpc) is 2.82. The molecule has 0 saturated heterocycles. The lowest BCUT2D eigenvalue weighted by Crippen LogP contribution is -2.29. The molecule has 0 saturated carbocycles. The summed E-state index contributed by atoms with van der Waals surface area (Å²) in [4.78, 5) is 32.0. The number of carbonyl (C=O) groups is 1. The Kier molecular flexibility index (Phi) is 5.79. The van der Waals surface area contributed by atoms with Crippen molar-refractivity contribution in [2.45, 2.75) is 0 Å². The fourth-order valence-corrected chi connectivity index (χ4v) is 3.15. The van der Waals surface area contributed by atoms with Crippen molar-refractivity contribution < 1.29 is 9.72 Å². The number of nitrogens with one attached hydrogen (secondary N) is 2. The third kappa shape index (κ3) is 4.64. The molecule has 1 heterocycles. The zero-order valence-electron chi connectivity index (χ0n) is 16.5. The largest absolute Gasteiger partial charge is 0.368 e. The van der Waals surface area contributed by atoms with Gasteiger partial charge >= 0.3 is 0 Å². The maximum atomic E-state index is 12.3. The SMILES string of the molecule is O=C(NCCNc1nc(-c2ccccc2)nc2ccccc12)c1cccc([N+](=O)[O-])c1. The molecule has 0 bridgehead atoms. The molecule has 8 heteroatoms. The van der Waals surface area contributed by atoms with Crippen LogP contribution in [0.1, 0.15) is 10.4 Å². The monoisotopic (exact) mass is 413 g/mol. The normalized spacial score (nSPS) is 10.6. The molecule has 0 aliphatic heterocycles. The van der Waals surface area contributed by atoms with E-state index in [1.807, 2.05) is 54.6 Å². The van der Waals surface area contributed by atoms with Gasteiger partial charge in [-0.2, -0.15) is 0 Å². The van der Waals surface area contributed by atoms with Crippen molar-refractivity contribution in [3.8, 4) is 11.4 Å². The second kappa shape index (κ2) is 9.00. The van der Waals surface area contributed by atoms with Crippen LogP contribution in [0.2, 0.25) is 0 Å². The average molecular weight is 413 g/mol. The summed E-state index contributed by atoms with van der Waals surface area (Å²) in [5.74, 6) is 0.916. The lowest BCUT2D eigenvalue weighted by Gasteiger charge is -2.11. The van der Waals surface area contributed by atoms with E-state index >= 15 is 0 Å². The number of amides is 1. The summed E-state index contributed by atoms with van der Waals surface area (Å²) in [6, 6.07) is 23.1. The molecule has 1 aromatic heterocycles. The van der Waals surface area contributed by atoms with Gasteiger partial charge in [0.2, 0.25) is 0 Å². The number of fused-ring (bicyclic) bond motifs is 1. The van der Waals surface area contributed by atoms with E-state index in [1.165, 1.54) is 18.2 Å². The molecule has 0 aliphatic carbocycles. The number of carbonyl (C=O) groups excluding carboxylic acids is 1. The minimum absolute atomic E-state index is 0.119. The third-order valence-electron chi connectivity index (χ3n) is 4.66. The highest BCUT2D eigenvalue weighted by atomic mass is 16.6. The summed E-state index contributed by atoms with van der Waals surface area (Å²) < 4.78 is 0. The maximum absolute atomic E-state index is 12.3. The Hall–Kier alpha value is -4.33. The van der Waals surface area contributed by atoms with Crippen molar-refractivity contribution in [3.05, 3.63) is 94.5 Å². The van der Waals surface area contributed by atoms with Crippen LogP contribution in [0.3, 0.4) is 0 Å². The molecule has 8 nitrogen and oxygen atoms in total. The molecule has 0 atom stereocenters. The number of hydrogen-bond donors (Lipinski definition) is 2. The number of benzene rings is 3. The molecule has 1 amide bonds. The molecular weight excluding hydrogens is 394 g/mol. The second-order valence-corrected chi connectivity index (χ2v) is 6.77. The first-order valence-corrected chi connectivity index (χ1v) is 9.70. The van der Waals surface area contributed by atoms with Crippen LogP contribution in [0.4, 0.5) is 11.5 Å². The first-order chi connectivity index (χ1) is 15.1. The fourth-order valence-electron chi connectivity index (χ4n) is 3.15. The Morgan fingerprint density at radius 2 is 1.68 bits per heavy atom. The topological polar surface area (TPSA) is 110 Å². The van der Waals surface area contributed by atoms with E-state index < -0.39 is 4.92 Å². The number of anilines is 1. The highest BCUT2D eigenvalue weighted by Crippen LogP contribution is 2.24. The Morgan fingerprint density at radius 3 is 2.48 bits per heavy atom. The number of non-ortho nitro benzene ring substituents is 1. The summed E-state index contributed by atoms with van der Waals surface area (Å²) in [7, 11) is 0. The van der Waals surface area contributed by atoms with Gasteiger partial charge in [-0.3, -0.25) is 14.9 Å². The molecule has 0 unspecified atom stereocenters. The number of aromatic nitrogens is 2. The Balaban J connectivity index is 1.46. The fraction of sp³-hybridized carbons (Fsp3) is 0.0870. The highest BCUT2D eigenvalue weighted by Gasteiger charge is 2.12. The smallest absolute Gasteiger partial charge is 0.270 e. The number of para-hydroxylation sites is 1. The zero-order valence-corrected chi connectivity index (χ0v) is 16.5. The number of nitrogens with zero attached hydrogens (tertiary/aromatic N) is 3. The van der Waals surface area contributed by atoms with Crippen molar-refractivity contribution >= 4 is 28.3 Å². The standard InChI is InChI=1S/C23H19N5O3/c29-23(17-9-6-10-18(15-17)28(30)31)25-14-13-24-22-19-11-4-5-12-20(19)26-21(27-22)16-7-2-1-3-8-16/h1-12,15H,13-14H2,(H,25,29)(H,24,26,27). The summed E-state index contributed by atoms with van der Waals surface area (Å²) in [6.07, 6.45) is 0. The Bertz CT molecular complexity index is 1240. The van der Waals surface area contributed by atoms with E-state index in [9.17, 15) is 14.9 Å². The zero-order chi connectivity index (χ0) is 21.6. The van der Waals surface area contributed by atoms with Gasteiger partial charge in [-0.05, 0) is 18.2 Å². The lowest BCUT2D eigenvalue weighted by molar-refractivity contribution is -0.384. The molecule has 0 aliphatic rings. The van der Waals surface area contributed by atoms with Gasteiger partial charge in [0.1, 0.15) is 5.82 Å². The van der Waals surface area contributed by atoms with Gasteiger partial charge in [0.25, 0.3) is 11.6 Å². The van der Waals surface area contributed by atoms with Gasteiger partial charge in [0.05, 0.1) is 10.4 Å². The van der Waals surface area contributed by atoms with Crippen LogP contribution in [-0.2, 0) is 0 Å². The van der Waals surface area contributed by atoms with Crippen LogP contribution in [0, 0.1) is 10.1 Å². The van der Waals surface area contributed by atoms with Crippen LogP contribution >= 0.6 is 0 Å². The third-order valence-corrected chi connectivity index (χ3v) is 4.66. The van der Waals surface area contributed by atoms with E-state index in [1.54, 1.807) is 6.07 Å². The first kappa shape index (κ1) is 20.0. The summed E-state index contributed by atoms with van der Waals surface area (Å²) in [6.45, 7) is 0.746. The summed E-state index contributed by atoms with van der Waals surface area (Å²) in [5.41, 5.74) is 1.86. The first-order valence-electron chi connectivity index (χ1n) is 9.70. The van der Waals surface area contributed by atoms with Gasteiger partial charge in [-0.25, -0.2) is 9.97 Å². The number of rotatable bonds is 7. The van der Waals surface area contributed by atoms with Crippen molar-refractivity contribution in [2.75, 3.05) is 18.4 Å². The molecule has 4 rings (SSSR count). The van der Waals surface area contributed by atoms with Gasteiger partial charge in [-0.1, -0.05) is 48.5 Å². The van der Waals surface area contributed by atoms with Crippen LogP contribution in [-0.4, -0.2) is 33.9 Å². The Labute approximate surface area is 178 Å². The predicted molar refractivity (Wildman–Crippen MR) is 119 cm³/mol. The molecular formula is C23H19N5O3. The van der Waals surface area contributed by atoms with Gasteiger partial charge in [0, 0.05) is 41.7 Å². The minimum atomic E-state index is -0.525. The minimum Gasteiger partial charge on any atom is -0.368 e. The highest BCUT2D eigenvalue weighted by molar-refractivity contribution is 5.95. The van der Waals surface area contributed by atoms with E-state index in [2.05, 4.69) is 20.6 Å². The van der Waals surface area contributed by atoms with E-state index in [-0.39, 0.29) is 17.2 Å². The number of hydrogen-bond acceptors (Lipinski definition) is 6. The van der Waals surface area contributed by atoms with Gasteiger partial charge < -0.3 is 10.6 Å². The van der Waals surface area contributed by atoms with Crippen LogP contribution < -0.4 is 10.6 Å². The van der Waals surface area contributed by atoms with E-state index in [4.69, 9.17) is 0 Å². The second-order valence-electron chi connectivity index (χ2n) is 6.77. The molecule has 0 fully saturated rings. The maximum Gasteiger partial charge on any atom is 0.270 e. The van der Waals surface area contributed by atoms with Crippen molar-refractivity contribution in [1.82, 2.24) is 15.3 Å². The molecule has 3 aromatic carbocycles. The number of nitro groups is 1. The van der Waals surface area contributed by atoms with Gasteiger partial charge in [-0.15, -0.1) is 0 Å². The predicted octanol–water partition coefficient (Wildman–Crippen LogP) is 4.05. The molecule has 154 valence electrons. The summed E-state index contributed by atoms with van der Waals surface area (Å²) in [5, 5.41) is 17.8. The molecule has 4 aromatic rings. The van der Waals surface area contributed by atoms with E-state index in [0.717, 1.165) is 16.5 Å². The van der Waals surface area contributed by atoms with Crippen molar-refractivity contribution in [3.63, 3.8) is 0 Å². The molecule has 0 radical (unpaired) electrons.